The number of rotatable bonds is 8. The summed E-state index contributed by atoms with van der Waals surface area (Å²) in [5.74, 6) is -0.609. The largest absolute Gasteiger partial charge is 0.476 e. The molecule has 1 aromatic carbocycles. The van der Waals surface area contributed by atoms with Gasteiger partial charge in [-0.2, -0.15) is 0 Å². The van der Waals surface area contributed by atoms with Gasteiger partial charge in [0.2, 0.25) is 0 Å². The van der Waals surface area contributed by atoms with Crippen molar-refractivity contribution >= 4 is 23.2 Å². The van der Waals surface area contributed by atoms with Crippen molar-refractivity contribution in [3.8, 4) is 11.3 Å². The Hall–Kier alpha value is -3.00. The zero-order chi connectivity index (χ0) is 21.0. The highest BCUT2D eigenvalue weighted by Gasteiger charge is 2.26. The van der Waals surface area contributed by atoms with Crippen molar-refractivity contribution < 1.29 is 19.2 Å². The van der Waals surface area contributed by atoms with E-state index < -0.39 is 5.97 Å². The van der Waals surface area contributed by atoms with Gasteiger partial charge in [-0.15, -0.1) is 11.3 Å². The summed E-state index contributed by atoms with van der Waals surface area (Å²) in [4.78, 5) is 30.2. The van der Waals surface area contributed by atoms with E-state index in [9.17, 15) is 9.59 Å². The third-order valence-corrected chi connectivity index (χ3v) is 5.86. The molecule has 0 aliphatic rings. The minimum atomic E-state index is -1.03. The highest BCUT2D eigenvalue weighted by Crippen LogP contribution is 2.28. The van der Waals surface area contributed by atoms with Crippen LogP contribution in [0.1, 0.15) is 57.8 Å². The quantitative estimate of drug-likeness (QED) is 0.586. The molecule has 3 rings (SSSR count). The van der Waals surface area contributed by atoms with Crippen molar-refractivity contribution in [2.45, 2.75) is 33.1 Å². The van der Waals surface area contributed by atoms with Crippen LogP contribution >= 0.6 is 11.3 Å². The van der Waals surface area contributed by atoms with E-state index in [2.05, 4.69) is 10.1 Å². The average molecular weight is 413 g/mol. The van der Waals surface area contributed by atoms with Crippen LogP contribution in [0.15, 0.2) is 40.2 Å². The van der Waals surface area contributed by atoms with E-state index in [1.54, 1.807) is 17.2 Å². The summed E-state index contributed by atoms with van der Waals surface area (Å²) in [5, 5.41) is 15.4. The Morgan fingerprint density at radius 1 is 1.28 bits per heavy atom. The van der Waals surface area contributed by atoms with Crippen molar-refractivity contribution in [2.75, 3.05) is 13.1 Å². The molecule has 0 fully saturated rings. The second-order valence-electron chi connectivity index (χ2n) is 6.78. The van der Waals surface area contributed by atoms with Crippen LogP contribution in [0.2, 0.25) is 0 Å². The zero-order valence-corrected chi connectivity index (χ0v) is 17.4. The first-order valence-electron chi connectivity index (χ1n) is 9.42. The highest BCUT2D eigenvalue weighted by molar-refractivity contribution is 7.09. The number of nitrogens with zero attached hydrogens (tertiary/aromatic N) is 3. The van der Waals surface area contributed by atoms with Crippen molar-refractivity contribution in [3.63, 3.8) is 0 Å². The second kappa shape index (κ2) is 9.00. The molecule has 1 amide bonds. The third-order valence-electron chi connectivity index (χ3n) is 4.79. The summed E-state index contributed by atoms with van der Waals surface area (Å²) in [5.41, 5.74) is 1.92. The molecule has 29 heavy (non-hydrogen) atoms. The minimum absolute atomic E-state index is 0.0483. The molecule has 0 bridgehead atoms. The van der Waals surface area contributed by atoms with Gasteiger partial charge in [0.1, 0.15) is 17.0 Å². The number of carboxylic acid groups (broad SMARTS) is 1. The van der Waals surface area contributed by atoms with Gasteiger partial charge < -0.3 is 14.5 Å². The molecule has 0 spiro atoms. The monoisotopic (exact) mass is 413 g/mol. The second-order valence-corrected chi connectivity index (χ2v) is 7.67. The molecule has 7 nitrogen and oxygen atoms in total. The van der Waals surface area contributed by atoms with Gasteiger partial charge in [-0.3, -0.25) is 4.79 Å². The predicted molar refractivity (Wildman–Crippen MR) is 110 cm³/mol. The fraction of sp³-hybridized carbons (Fsp3) is 0.333. The molecule has 1 atom stereocenters. The Balaban J connectivity index is 1.74. The number of hydrogen-bond acceptors (Lipinski definition) is 6. The summed E-state index contributed by atoms with van der Waals surface area (Å²) < 4.78 is 5.32. The lowest BCUT2D eigenvalue weighted by atomic mass is 10.0. The molecule has 3 aromatic rings. The van der Waals surface area contributed by atoms with Crippen LogP contribution in [0.4, 0.5) is 0 Å². The minimum Gasteiger partial charge on any atom is -0.476 e. The van der Waals surface area contributed by atoms with Crippen LogP contribution in [-0.2, 0) is 0 Å². The number of aromatic carboxylic acids is 1. The van der Waals surface area contributed by atoms with Gasteiger partial charge in [0.25, 0.3) is 5.91 Å². The van der Waals surface area contributed by atoms with E-state index >= 15 is 0 Å². The maximum absolute atomic E-state index is 13.2. The summed E-state index contributed by atoms with van der Waals surface area (Å²) in [6, 6.07) is 9.49. The molecule has 0 aliphatic carbocycles. The fourth-order valence-electron chi connectivity index (χ4n) is 3.06. The van der Waals surface area contributed by atoms with E-state index in [1.807, 2.05) is 44.2 Å². The Morgan fingerprint density at radius 2 is 2.00 bits per heavy atom. The lowest BCUT2D eigenvalue weighted by molar-refractivity contribution is 0.0690. The summed E-state index contributed by atoms with van der Waals surface area (Å²) in [7, 11) is 0. The van der Waals surface area contributed by atoms with Gasteiger partial charge in [-0.1, -0.05) is 42.4 Å². The van der Waals surface area contributed by atoms with E-state index in [4.69, 9.17) is 9.63 Å². The van der Waals surface area contributed by atoms with E-state index in [-0.39, 0.29) is 17.5 Å². The SMILES string of the molecule is CCN(CCC(C)c1nc(C(=O)O)cs1)C(=O)c1c(-c2ccccc2)noc1C. The zero-order valence-electron chi connectivity index (χ0n) is 16.6. The number of carbonyl (C=O) groups is 2. The maximum Gasteiger partial charge on any atom is 0.355 e. The van der Waals surface area contributed by atoms with Gasteiger partial charge in [0.05, 0.1) is 5.01 Å². The number of thiazole rings is 1. The van der Waals surface area contributed by atoms with Crippen molar-refractivity contribution in [2.24, 2.45) is 0 Å². The highest BCUT2D eigenvalue weighted by atomic mass is 32.1. The van der Waals surface area contributed by atoms with E-state index in [0.717, 1.165) is 10.6 Å². The Bertz CT molecular complexity index is 997. The van der Waals surface area contributed by atoms with E-state index in [1.165, 1.54) is 11.3 Å². The van der Waals surface area contributed by atoms with E-state index in [0.29, 0.717) is 36.5 Å². The van der Waals surface area contributed by atoms with Crippen LogP contribution in [0.25, 0.3) is 11.3 Å². The Morgan fingerprint density at radius 3 is 2.62 bits per heavy atom. The number of hydrogen-bond donors (Lipinski definition) is 1. The maximum atomic E-state index is 13.2. The predicted octanol–water partition coefficient (Wildman–Crippen LogP) is 4.46. The smallest absolute Gasteiger partial charge is 0.355 e. The van der Waals surface area contributed by atoms with Gasteiger partial charge in [0, 0.05) is 30.0 Å². The van der Waals surface area contributed by atoms with Gasteiger partial charge in [-0.25, -0.2) is 9.78 Å². The van der Waals surface area contributed by atoms with Gasteiger partial charge in [-0.05, 0) is 20.3 Å². The normalized spacial score (nSPS) is 12.0. The van der Waals surface area contributed by atoms with Crippen LogP contribution in [0.5, 0.6) is 0 Å². The standard InChI is InChI=1S/C21H23N3O4S/c1-4-24(11-10-13(2)19-22-16(12-29-19)21(26)27)20(25)17-14(3)28-23-18(17)15-8-6-5-7-9-15/h5-9,12-13H,4,10-11H2,1-3H3,(H,26,27). The topological polar surface area (TPSA) is 96.5 Å². The Kier molecular flexibility index (Phi) is 6.43. The summed E-state index contributed by atoms with van der Waals surface area (Å²) in [6.07, 6.45) is 0.678. The van der Waals surface area contributed by atoms with Crippen LogP contribution in [-0.4, -0.2) is 45.1 Å². The molecule has 0 saturated carbocycles. The number of amides is 1. The molecule has 8 heteroatoms. The van der Waals surface area contributed by atoms with Crippen molar-refractivity contribution in [1.82, 2.24) is 15.0 Å². The van der Waals surface area contributed by atoms with Gasteiger partial charge in [0.15, 0.2) is 5.69 Å². The molecule has 2 aromatic heterocycles. The lowest BCUT2D eigenvalue weighted by Crippen LogP contribution is -2.33. The first kappa shape index (κ1) is 20.7. The number of carbonyl (C=O) groups excluding carboxylic acids is 1. The first-order valence-corrected chi connectivity index (χ1v) is 10.3. The fourth-order valence-corrected chi connectivity index (χ4v) is 3.95. The molecular weight excluding hydrogens is 390 g/mol. The summed E-state index contributed by atoms with van der Waals surface area (Å²) >= 11 is 1.33. The number of carboxylic acids is 1. The molecule has 2 heterocycles. The molecular formula is C21H23N3O4S. The first-order chi connectivity index (χ1) is 13.9. The van der Waals surface area contributed by atoms with Crippen molar-refractivity contribution in [3.05, 3.63) is 57.7 Å². The summed E-state index contributed by atoms with van der Waals surface area (Å²) in [6.45, 7) is 6.73. The Labute approximate surface area is 173 Å². The van der Waals surface area contributed by atoms with Crippen LogP contribution in [0, 0.1) is 6.92 Å². The number of benzene rings is 1. The van der Waals surface area contributed by atoms with Crippen molar-refractivity contribution in [1.29, 1.82) is 0 Å². The molecule has 1 unspecified atom stereocenters. The molecule has 1 N–H and O–H groups in total. The lowest BCUT2D eigenvalue weighted by Gasteiger charge is -2.22. The molecule has 152 valence electrons. The molecule has 0 aliphatic heterocycles. The van der Waals surface area contributed by atoms with Crippen LogP contribution < -0.4 is 0 Å². The third kappa shape index (κ3) is 4.54. The molecule has 0 radical (unpaired) electrons. The molecule has 0 saturated heterocycles. The number of aromatic nitrogens is 2. The number of aryl methyl sites for hydroxylation is 1. The van der Waals surface area contributed by atoms with Crippen LogP contribution in [0.3, 0.4) is 0 Å². The average Bonchev–Trinajstić information content (AvgIpc) is 3.36. The van der Waals surface area contributed by atoms with Gasteiger partial charge >= 0.3 is 5.97 Å².